The lowest BCUT2D eigenvalue weighted by atomic mass is 9.94. The summed E-state index contributed by atoms with van der Waals surface area (Å²) in [5.41, 5.74) is 0. The van der Waals surface area contributed by atoms with E-state index in [0.717, 1.165) is 18.9 Å². The maximum Gasteiger partial charge on any atom is 0.0434 e. The van der Waals surface area contributed by atoms with Crippen LogP contribution in [0.1, 0.15) is 40.5 Å². The summed E-state index contributed by atoms with van der Waals surface area (Å²) in [5, 5.41) is 12.3. The van der Waals surface area contributed by atoms with Gasteiger partial charge in [-0.1, -0.05) is 27.7 Å². The van der Waals surface area contributed by atoms with Crippen molar-refractivity contribution in [2.45, 2.75) is 46.6 Å². The molecule has 0 heterocycles. The molecule has 1 unspecified atom stereocenters. The molecule has 0 aromatic carbocycles. The van der Waals surface area contributed by atoms with Gasteiger partial charge in [-0.2, -0.15) is 0 Å². The molecule has 0 saturated carbocycles. The third kappa shape index (κ3) is 8.26. The van der Waals surface area contributed by atoms with Crippen molar-refractivity contribution in [3.8, 4) is 0 Å². The predicted molar refractivity (Wildman–Crippen MR) is 57.8 cm³/mol. The van der Waals surface area contributed by atoms with Crippen LogP contribution in [0.4, 0.5) is 0 Å². The van der Waals surface area contributed by atoms with Crippen molar-refractivity contribution in [2.24, 2.45) is 11.8 Å². The fourth-order valence-corrected chi connectivity index (χ4v) is 1.55. The first kappa shape index (κ1) is 12.9. The summed E-state index contributed by atoms with van der Waals surface area (Å²) in [5.74, 6) is 1.36. The first-order valence-corrected chi connectivity index (χ1v) is 5.40. The van der Waals surface area contributed by atoms with Gasteiger partial charge < -0.3 is 10.4 Å². The molecule has 0 rings (SSSR count). The minimum absolute atomic E-state index is 0.317. The van der Waals surface area contributed by atoms with Crippen molar-refractivity contribution >= 4 is 0 Å². The fraction of sp³-hybridized carbons (Fsp3) is 1.00. The van der Waals surface area contributed by atoms with Crippen LogP contribution in [0, 0.1) is 11.8 Å². The van der Waals surface area contributed by atoms with Crippen LogP contribution in [0.25, 0.3) is 0 Å². The molecular formula is C11H25NO. The summed E-state index contributed by atoms with van der Waals surface area (Å²) in [4.78, 5) is 0. The van der Waals surface area contributed by atoms with Crippen LogP contribution < -0.4 is 5.32 Å². The highest BCUT2D eigenvalue weighted by Gasteiger charge is 2.10. The Morgan fingerprint density at radius 2 is 1.77 bits per heavy atom. The van der Waals surface area contributed by atoms with E-state index in [9.17, 15) is 0 Å². The van der Waals surface area contributed by atoms with Crippen molar-refractivity contribution in [3.63, 3.8) is 0 Å². The van der Waals surface area contributed by atoms with E-state index in [4.69, 9.17) is 5.11 Å². The van der Waals surface area contributed by atoms with Gasteiger partial charge in [-0.3, -0.25) is 0 Å². The molecule has 2 nitrogen and oxygen atoms in total. The Morgan fingerprint density at radius 1 is 1.15 bits per heavy atom. The van der Waals surface area contributed by atoms with E-state index in [1.54, 1.807) is 0 Å². The second kappa shape index (κ2) is 7.34. The third-order valence-electron chi connectivity index (χ3n) is 2.16. The topological polar surface area (TPSA) is 32.3 Å². The molecule has 0 aromatic rings. The molecule has 13 heavy (non-hydrogen) atoms. The van der Waals surface area contributed by atoms with Gasteiger partial charge in [-0.05, 0) is 31.2 Å². The molecular weight excluding hydrogens is 162 g/mol. The molecule has 1 atom stereocenters. The van der Waals surface area contributed by atoms with E-state index in [2.05, 4.69) is 33.0 Å². The molecule has 0 aliphatic heterocycles. The van der Waals surface area contributed by atoms with Gasteiger partial charge in [0.1, 0.15) is 0 Å². The van der Waals surface area contributed by atoms with Gasteiger partial charge in [-0.15, -0.1) is 0 Å². The molecule has 0 aliphatic carbocycles. The van der Waals surface area contributed by atoms with Crippen molar-refractivity contribution in [3.05, 3.63) is 0 Å². The lowest BCUT2D eigenvalue weighted by molar-refractivity contribution is 0.237. The minimum atomic E-state index is 0.317. The predicted octanol–water partition coefficient (Wildman–Crippen LogP) is 2.03. The zero-order chi connectivity index (χ0) is 10.3. The van der Waals surface area contributed by atoms with Crippen LogP contribution in [-0.2, 0) is 0 Å². The molecule has 0 amide bonds. The molecule has 0 aliphatic rings. The molecule has 80 valence electrons. The van der Waals surface area contributed by atoms with E-state index in [1.807, 2.05) is 0 Å². The summed E-state index contributed by atoms with van der Waals surface area (Å²) < 4.78 is 0. The van der Waals surface area contributed by atoms with E-state index in [1.165, 1.54) is 6.42 Å². The van der Waals surface area contributed by atoms with Crippen molar-refractivity contribution < 1.29 is 5.11 Å². The third-order valence-corrected chi connectivity index (χ3v) is 2.16. The van der Waals surface area contributed by atoms with Crippen LogP contribution in [0.2, 0.25) is 0 Å². The lowest BCUT2D eigenvalue weighted by Gasteiger charge is -2.20. The number of nitrogens with one attached hydrogen (secondary N) is 1. The fourth-order valence-electron chi connectivity index (χ4n) is 1.55. The molecule has 0 radical (unpaired) electrons. The van der Waals surface area contributed by atoms with E-state index >= 15 is 0 Å². The maximum absolute atomic E-state index is 8.89. The minimum Gasteiger partial charge on any atom is -0.396 e. The maximum atomic E-state index is 8.89. The average molecular weight is 187 g/mol. The van der Waals surface area contributed by atoms with Crippen LogP contribution in [-0.4, -0.2) is 24.3 Å². The van der Waals surface area contributed by atoms with Gasteiger partial charge in [0.05, 0.1) is 0 Å². The second-order valence-electron chi connectivity index (χ2n) is 4.57. The Kier molecular flexibility index (Phi) is 7.29. The van der Waals surface area contributed by atoms with E-state index < -0.39 is 0 Å². The first-order valence-electron chi connectivity index (χ1n) is 5.40. The quantitative estimate of drug-likeness (QED) is 0.639. The summed E-state index contributed by atoms with van der Waals surface area (Å²) in [7, 11) is 0. The number of rotatable bonds is 7. The van der Waals surface area contributed by atoms with Gasteiger partial charge >= 0.3 is 0 Å². The highest BCUT2D eigenvalue weighted by Crippen LogP contribution is 2.14. The molecule has 0 bridgehead atoms. The van der Waals surface area contributed by atoms with Crippen molar-refractivity contribution in [1.82, 2.24) is 5.32 Å². The van der Waals surface area contributed by atoms with Crippen molar-refractivity contribution in [2.75, 3.05) is 13.2 Å². The smallest absolute Gasteiger partial charge is 0.0434 e. The van der Waals surface area contributed by atoms with Crippen LogP contribution in [0.5, 0.6) is 0 Å². The highest BCUT2D eigenvalue weighted by atomic mass is 16.3. The van der Waals surface area contributed by atoms with Gasteiger partial charge in [-0.25, -0.2) is 0 Å². The van der Waals surface area contributed by atoms with Crippen LogP contribution in [0.3, 0.4) is 0 Å². The Morgan fingerprint density at radius 3 is 2.15 bits per heavy atom. The zero-order valence-electron chi connectivity index (χ0n) is 9.51. The normalized spacial score (nSPS) is 14.1. The number of hydrogen-bond acceptors (Lipinski definition) is 2. The molecule has 0 saturated heterocycles. The number of hydrogen-bond donors (Lipinski definition) is 2. The van der Waals surface area contributed by atoms with Crippen molar-refractivity contribution in [1.29, 1.82) is 0 Å². The van der Waals surface area contributed by atoms with Crippen LogP contribution in [0.15, 0.2) is 0 Å². The molecule has 0 spiro atoms. The number of aliphatic hydroxyl groups excluding tert-OH is 1. The highest BCUT2D eigenvalue weighted by molar-refractivity contribution is 4.65. The van der Waals surface area contributed by atoms with Gasteiger partial charge in [0.25, 0.3) is 0 Å². The Bertz CT molecular complexity index is 113. The number of aliphatic hydroxyl groups is 1. The Balaban J connectivity index is 3.66. The average Bonchev–Trinajstić information content (AvgIpc) is 1.99. The summed E-state index contributed by atoms with van der Waals surface area (Å²) >= 11 is 0. The molecule has 2 heteroatoms. The Hall–Kier alpha value is -0.0800. The molecule has 0 aromatic heterocycles. The van der Waals surface area contributed by atoms with Gasteiger partial charge in [0, 0.05) is 12.6 Å². The second-order valence-corrected chi connectivity index (χ2v) is 4.57. The lowest BCUT2D eigenvalue weighted by Crippen LogP contribution is -2.30. The molecule has 0 fully saturated rings. The summed E-state index contributed by atoms with van der Waals surface area (Å²) in [6.45, 7) is 10.1. The van der Waals surface area contributed by atoms with Gasteiger partial charge in [0.15, 0.2) is 0 Å². The van der Waals surface area contributed by atoms with Gasteiger partial charge in [0.2, 0.25) is 0 Å². The largest absolute Gasteiger partial charge is 0.396 e. The summed E-state index contributed by atoms with van der Waals surface area (Å²) in [6, 6.07) is 0.549. The SMILES string of the molecule is CC(C)CC(CCO)CNC(C)C. The first-order chi connectivity index (χ1) is 6.06. The Labute approximate surface area is 82.7 Å². The van der Waals surface area contributed by atoms with Crippen LogP contribution >= 0.6 is 0 Å². The molecule has 2 N–H and O–H groups in total. The zero-order valence-corrected chi connectivity index (χ0v) is 9.51. The van der Waals surface area contributed by atoms with E-state index in [-0.39, 0.29) is 0 Å². The monoisotopic (exact) mass is 187 g/mol. The van der Waals surface area contributed by atoms with E-state index in [0.29, 0.717) is 18.6 Å². The summed E-state index contributed by atoms with van der Waals surface area (Å²) in [6.07, 6.45) is 2.14. The standard InChI is InChI=1S/C11H25NO/c1-9(2)7-11(5-6-13)8-12-10(3)4/h9-13H,5-8H2,1-4H3.